The van der Waals surface area contributed by atoms with Crippen LogP contribution in [0.15, 0.2) is 30.9 Å². The summed E-state index contributed by atoms with van der Waals surface area (Å²) in [5, 5.41) is 2.79. The fourth-order valence-corrected chi connectivity index (χ4v) is 4.92. The first-order chi connectivity index (χ1) is 16.2. The Morgan fingerprint density at radius 3 is 2.85 bits per heavy atom. The molecule has 0 saturated heterocycles. The number of nitrogens with one attached hydrogen (secondary N) is 2. The van der Waals surface area contributed by atoms with Gasteiger partial charge in [-0.15, -0.1) is 0 Å². The van der Waals surface area contributed by atoms with Crippen LogP contribution in [0.25, 0.3) is 11.6 Å². The summed E-state index contributed by atoms with van der Waals surface area (Å²) in [6, 6.07) is 3.82. The van der Waals surface area contributed by atoms with Gasteiger partial charge in [-0.3, -0.25) is 14.4 Å². The van der Waals surface area contributed by atoms with E-state index in [1.54, 1.807) is 26.1 Å². The molecule has 178 valence electrons. The number of aromatic amines is 1. The summed E-state index contributed by atoms with van der Waals surface area (Å²) in [5.74, 6) is -0.455. The van der Waals surface area contributed by atoms with E-state index < -0.39 is 6.04 Å². The Hall–Kier alpha value is -3.48. The number of carbonyl (C=O) groups excluding carboxylic acids is 3. The molecule has 1 unspecified atom stereocenters. The average molecular weight is 464 g/mol. The Morgan fingerprint density at radius 2 is 2.12 bits per heavy atom. The zero-order chi connectivity index (χ0) is 24.6. The molecule has 0 bridgehead atoms. The van der Waals surface area contributed by atoms with Gasteiger partial charge in [0.1, 0.15) is 5.82 Å². The maximum Gasteiger partial charge on any atom is 0.256 e. The van der Waals surface area contributed by atoms with Crippen molar-refractivity contribution in [1.29, 1.82) is 0 Å². The molecular formula is C27H30FN3O3. The molecule has 0 radical (unpaired) electrons. The molecule has 1 aromatic heterocycles. The summed E-state index contributed by atoms with van der Waals surface area (Å²) >= 11 is 0. The third-order valence-corrected chi connectivity index (χ3v) is 7.22. The van der Waals surface area contributed by atoms with E-state index in [2.05, 4.69) is 16.9 Å². The van der Waals surface area contributed by atoms with Crippen molar-refractivity contribution < 1.29 is 18.8 Å². The minimum absolute atomic E-state index is 0.0507. The maximum absolute atomic E-state index is 13.8. The van der Waals surface area contributed by atoms with Gasteiger partial charge in [0.05, 0.1) is 11.6 Å². The van der Waals surface area contributed by atoms with Gasteiger partial charge >= 0.3 is 0 Å². The Kier molecular flexibility index (Phi) is 6.55. The topological polar surface area (TPSA) is 82.3 Å². The fourth-order valence-electron chi connectivity index (χ4n) is 4.92. The SMILES string of the molecule is C=CC(=O)N(C)[C@@H](C)C(=O)CCC1CCc2c([nH]c(/C=C3\C(=O)Nc4ccc(F)cc43)c2C)C1. The molecule has 1 aromatic carbocycles. The largest absolute Gasteiger partial charge is 0.358 e. The molecule has 2 amide bonds. The number of nitrogens with zero attached hydrogens (tertiary/aromatic N) is 1. The van der Waals surface area contributed by atoms with Crippen LogP contribution < -0.4 is 5.32 Å². The fraction of sp³-hybridized carbons (Fsp3) is 0.370. The highest BCUT2D eigenvalue weighted by atomic mass is 19.1. The highest BCUT2D eigenvalue weighted by molar-refractivity contribution is 6.34. The maximum atomic E-state index is 13.8. The van der Waals surface area contributed by atoms with Crippen molar-refractivity contribution in [3.8, 4) is 0 Å². The number of hydrogen-bond donors (Lipinski definition) is 2. The van der Waals surface area contributed by atoms with Crippen LogP contribution in [0.1, 0.15) is 54.3 Å². The standard InChI is InChI=1S/C27H30FN3O3/c1-5-26(33)31(4)16(3)25(32)11-7-17-6-9-19-15(2)23(29-24(19)12-17)14-21-20-13-18(28)8-10-22(20)30-27(21)34/h5,8,10,13-14,16-17,29H,1,6-7,9,11-12H2,2-4H3,(H,30,34)/b21-14-/t16-,17?/m0/s1. The van der Waals surface area contributed by atoms with E-state index in [1.165, 1.54) is 28.7 Å². The summed E-state index contributed by atoms with van der Waals surface area (Å²) in [5.41, 5.74) is 6.00. The van der Waals surface area contributed by atoms with E-state index in [-0.39, 0.29) is 23.4 Å². The minimum Gasteiger partial charge on any atom is -0.358 e. The summed E-state index contributed by atoms with van der Waals surface area (Å²) < 4.78 is 13.8. The Balaban J connectivity index is 1.46. The van der Waals surface area contributed by atoms with Gasteiger partial charge in [0, 0.05) is 36.1 Å². The monoisotopic (exact) mass is 463 g/mol. The van der Waals surface area contributed by atoms with Gasteiger partial charge in [-0.25, -0.2) is 4.39 Å². The molecule has 0 spiro atoms. The van der Waals surface area contributed by atoms with Gasteiger partial charge in [0.15, 0.2) is 5.78 Å². The van der Waals surface area contributed by atoms with Crippen molar-refractivity contribution >= 4 is 34.9 Å². The predicted molar refractivity (Wildman–Crippen MR) is 131 cm³/mol. The molecule has 7 heteroatoms. The van der Waals surface area contributed by atoms with Crippen LogP contribution in [0.5, 0.6) is 0 Å². The van der Waals surface area contributed by atoms with E-state index in [9.17, 15) is 18.8 Å². The lowest BCUT2D eigenvalue weighted by Gasteiger charge is -2.25. The molecule has 2 aromatic rings. The van der Waals surface area contributed by atoms with Crippen LogP contribution in [0.3, 0.4) is 0 Å². The normalized spacial score (nSPS) is 18.8. The Labute approximate surface area is 198 Å². The zero-order valence-corrected chi connectivity index (χ0v) is 19.8. The number of hydrogen-bond acceptors (Lipinski definition) is 3. The number of ketones is 1. The second-order valence-electron chi connectivity index (χ2n) is 9.27. The molecule has 0 saturated carbocycles. The van der Waals surface area contributed by atoms with Crippen molar-refractivity contribution in [2.45, 2.75) is 52.0 Å². The van der Waals surface area contributed by atoms with Gasteiger partial charge in [0.2, 0.25) is 5.91 Å². The number of likely N-dealkylation sites (N-methyl/N-ethyl adjacent to an activating group) is 1. The van der Waals surface area contributed by atoms with Crippen molar-refractivity contribution in [2.75, 3.05) is 12.4 Å². The molecular weight excluding hydrogens is 433 g/mol. The molecule has 2 N–H and O–H groups in total. The number of benzene rings is 1. The number of amides is 2. The van der Waals surface area contributed by atoms with Gasteiger partial charge in [-0.05, 0) is 86.9 Å². The van der Waals surface area contributed by atoms with E-state index in [4.69, 9.17) is 0 Å². The number of aromatic nitrogens is 1. The molecule has 6 nitrogen and oxygen atoms in total. The third-order valence-electron chi connectivity index (χ3n) is 7.22. The number of fused-ring (bicyclic) bond motifs is 2. The number of H-pyrrole nitrogens is 1. The van der Waals surface area contributed by atoms with Crippen molar-refractivity contribution in [1.82, 2.24) is 9.88 Å². The van der Waals surface area contributed by atoms with Crippen LogP contribution in [0, 0.1) is 18.7 Å². The number of carbonyl (C=O) groups is 3. The van der Waals surface area contributed by atoms with E-state index in [0.717, 1.165) is 42.6 Å². The van der Waals surface area contributed by atoms with Crippen molar-refractivity contribution in [3.63, 3.8) is 0 Å². The van der Waals surface area contributed by atoms with Gasteiger partial charge in [-0.1, -0.05) is 6.58 Å². The molecule has 4 rings (SSSR count). The van der Waals surface area contributed by atoms with Gasteiger partial charge in [0.25, 0.3) is 5.91 Å². The van der Waals surface area contributed by atoms with Crippen LogP contribution in [-0.4, -0.2) is 40.6 Å². The third kappa shape index (κ3) is 4.47. The first kappa shape index (κ1) is 23.7. The number of halogens is 1. The molecule has 34 heavy (non-hydrogen) atoms. The van der Waals surface area contributed by atoms with Gasteiger partial charge in [-0.2, -0.15) is 0 Å². The first-order valence-corrected chi connectivity index (χ1v) is 11.6. The van der Waals surface area contributed by atoms with Gasteiger partial charge < -0.3 is 15.2 Å². The highest BCUT2D eigenvalue weighted by Gasteiger charge is 2.28. The van der Waals surface area contributed by atoms with Crippen LogP contribution in [0.4, 0.5) is 10.1 Å². The predicted octanol–water partition coefficient (Wildman–Crippen LogP) is 4.44. The second-order valence-corrected chi connectivity index (χ2v) is 9.27. The zero-order valence-electron chi connectivity index (χ0n) is 19.8. The summed E-state index contributed by atoms with van der Waals surface area (Å²) in [6.07, 6.45) is 6.94. The summed E-state index contributed by atoms with van der Waals surface area (Å²) in [4.78, 5) is 41.7. The van der Waals surface area contributed by atoms with Crippen molar-refractivity contribution in [3.05, 3.63) is 64.7 Å². The average Bonchev–Trinajstić information content (AvgIpc) is 3.31. The van der Waals surface area contributed by atoms with Crippen LogP contribution in [-0.2, 0) is 27.2 Å². The minimum atomic E-state index is -0.471. The Bertz CT molecular complexity index is 1210. The van der Waals surface area contributed by atoms with Crippen LogP contribution >= 0.6 is 0 Å². The molecule has 2 heterocycles. The van der Waals surface area contributed by atoms with Crippen LogP contribution in [0.2, 0.25) is 0 Å². The van der Waals surface area contributed by atoms with E-state index in [0.29, 0.717) is 29.2 Å². The Morgan fingerprint density at radius 1 is 1.35 bits per heavy atom. The molecule has 2 aliphatic rings. The first-order valence-electron chi connectivity index (χ1n) is 11.6. The lowest BCUT2D eigenvalue weighted by molar-refractivity contribution is -0.134. The lowest BCUT2D eigenvalue weighted by atomic mass is 9.83. The number of rotatable bonds is 7. The number of Topliss-reactive ketones (excluding diaryl/α,β-unsaturated/α-hetero) is 1. The molecule has 1 aliphatic heterocycles. The summed E-state index contributed by atoms with van der Waals surface area (Å²) in [7, 11) is 1.62. The molecule has 2 atom stereocenters. The van der Waals surface area contributed by atoms with Crippen molar-refractivity contribution in [2.24, 2.45) is 5.92 Å². The summed E-state index contributed by atoms with van der Waals surface area (Å²) in [6.45, 7) is 7.27. The lowest BCUT2D eigenvalue weighted by Crippen LogP contribution is -2.39. The molecule has 1 aliphatic carbocycles. The number of anilines is 1. The highest BCUT2D eigenvalue weighted by Crippen LogP contribution is 2.36. The van der Waals surface area contributed by atoms with E-state index >= 15 is 0 Å². The van der Waals surface area contributed by atoms with E-state index in [1.807, 2.05) is 6.92 Å². The quantitative estimate of drug-likeness (QED) is 0.596. The second kappa shape index (κ2) is 9.41. The smallest absolute Gasteiger partial charge is 0.256 e. The molecule has 0 fully saturated rings.